The molecule has 0 saturated carbocycles. The normalized spacial score (nSPS) is 11.3. The van der Waals surface area contributed by atoms with E-state index < -0.39 is 0 Å². The predicted octanol–water partition coefficient (Wildman–Crippen LogP) is 3.18. The zero-order chi connectivity index (χ0) is 22.8. The molecule has 0 unspecified atom stereocenters. The van der Waals surface area contributed by atoms with Crippen LogP contribution in [0.1, 0.15) is 28.5 Å². The van der Waals surface area contributed by atoms with Crippen LogP contribution in [0, 0.1) is 5.82 Å². The van der Waals surface area contributed by atoms with E-state index in [0.29, 0.717) is 31.0 Å². The Kier molecular flexibility index (Phi) is 8.36. The van der Waals surface area contributed by atoms with Crippen molar-refractivity contribution in [2.45, 2.75) is 19.8 Å². The minimum atomic E-state index is -0.294. The molecule has 32 heavy (non-hydrogen) atoms. The van der Waals surface area contributed by atoms with Crippen LogP contribution in [-0.2, 0) is 12.8 Å². The zero-order valence-corrected chi connectivity index (χ0v) is 18.3. The Balaban J connectivity index is 1.51. The minimum Gasteiger partial charge on any atom is -0.444 e. The molecule has 2 aromatic carbocycles. The van der Waals surface area contributed by atoms with E-state index in [2.05, 4.69) is 25.9 Å². The van der Waals surface area contributed by atoms with Crippen molar-refractivity contribution in [1.29, 1.82) is 0 Å². The molecule has 168 valence electrons. The summed E-state index contributed by atoms with van der Waals surface area (Å²) in [6, 6.07) is 13.6. The molecule has 0 bridgehead atoms. The first kappa shape index (κ1) is 23.0. The van der Waals surface area contributed by atoms with E-state index in [9.17, 15) is 9.18 Å². The van der Waals surface area contributed by atoms with E-state index in [-0.39, 0.29) is 11.7 Å². The van der Waals surface area contributed by atoms with Crippen LogP contribution in [0.4, 0.5) is 4.39 Å². The van der Waals surface area contributed by atoms with Gasteiger partial charge >= 0.3 is 0 Å². The fourth-order valence-electron chi connectivity index (χ4n) is 3.11. The third-order valence-corrected chi connectivity index (χ3v) is 4.75. The van der Waals surface area contributed by atoms with Gasteiger partial charge in [0, 0.05) is 44.2 Å². The summed E-state index contributed by atoms with van der Waals surface area (Å²) in [7, 11) is 1.62. The fourth-order valence-corrected chi connectivity index (χ4v) is 3.11. The van der Waals surface area contributed by atoms with Gasteiger partial charge in [-0.05, 0) is 55.3 Å². The second-order valence-corrected chi connectivity index (χ2v) is 7.12. The first-order chi connectivity index (χ1) is 15.6. The number of carbonyl (C=O) groups is 1. The van der Waals surface area contributed by atoms with Crippen LogP contribution in [0.2, 0.25) is 0 Å². The maximum absolute atomic E-state index is 13.1. The standard InChI is InChI=1S/C24H28FN5O2/c1-3-27-24(28-13-11-17-5-4-6-19(15-17)22(31)26-2)29-14-12-21-16-32-23(30-21)18-7-9-20(25)10-8-18/h4-10,15-16H,3,11-14H2,1-2H3,(H,26,31)(H2,27,28,29). The van der Waals surface area contributed by atoms with E-state index in [1.54, 1.807) is 31.5 Å². The Bertz CT molecular complexity index is 1050. The monoisotopic (exact) mass is 437 g/mol. The predicted molar refractivity (Wildman–Crippen MR) is 123 cm³/mol. The van der Waals surface area contributed by atoms with Crippen LogP contribution in [0.25, 0.3) is 11.5 Å². The number of halogens is 1. The molecular formula is C24H28FN5O2. The maximum atomic E-state index is 13.1. The molecule has 0 aliphatic heterocycles. The minimum absolute atomic E-state index is 0.0925. The highest BCUT2D eigenvalue weighted by atomic mass is 19.1. The lowest BCUT2D eigenvalue weighted by Crippen LogP contribution is -2.38. The Labute approximate surface area is 187 Å². The quantitative estimate of drug-likeness (QED) is 0.353. The number of oxazole rings is 1. The lowest BCUT2D eigenvalue weighted by molar-refractivity contribution is 0.0963. The summed E-state index contributed by atoms with van der Waals surface area (Å²) in [6.07, 6.45) is 2.99. The van der Waals surface area contributed by atoms with Crippen LogP contribution in [0.3, 0.4) is 0 Å². The molecule has 0 aliphatic rings. The van der Waals surface area contributed by atoms with Crippen LogP contribution in [-0.4, -0.2) is 43.5 Å². The first-order valence-electron chi connectivity index (χ1n) is 10.6. The topological polar surface area (TPSA) is 91.6 Å². The molecule has 3 N–H and O–H groups in total. The van der Waals surface area contributed by atoms with Crippen molar-refractivity contribution >= 4 is 11.9 Å². The zero-order valence-electron chi connectivity index (χ0n) is 18.3. The molecule has 3 aromatic rings. The van der Waals surface area contributed by atoms with Gasteiger partial charge < -0.3 is 20.4 Å². The van der Waals surface area contributed by atoms with Crippen molar-refractivity contribution in [3.63, 3.8) is 0 Å². The van der Waals surface area contributed by atoms with Crippen LogP contribution < -0.4 is 16.0 Å². The third-order valence-electron chi connectivity index (χ3n) is 4.75. The van der Waals surface area contributed by atoms with Crippen molar-refractivity contribution in [2.75, 3.05) is 26.7 Å². The fraction of sp³-hybridized carbons (Fsp3) is 0.292. The summed E-state index contributed by atoms with van der Waals surface area (Å²) in [5.74, 6) is 0.799. The van der Waals surface area contributed by atoms with E-state index >= 15 is 0 Å². The highest BCUT2D eigenvalue weighted by Gasteiger charge is 2.07. The van der Waals surface area contributed by atoms with Gasteiger partial charge in [-0.1, -0.05) is 12.1 Å². The SMILES string of the molecule is CCNC(=NCCc1coc(-c2ccc(F)cc2)n1)NCCc1cccc(C(=O)NC)c1. The van der Waals surface area contributed by atoms with Crippen LogP contribution in [0.15, 0.2) is 64.2 Å². The molecule has 1 aromatic heterocycles. The molecule has 0 aliphatic carbocycles. The Morgan fingerprint density at radius 2 is 1.94 bits per heavy atom. The maximum Gasteiger partial charge on any atom is 0.251 e. The molecule has 0 radical (unpaired) electrons. The molecule has 1 heterocycles. The molecule has 0 spiro atoms. The van der Waals surface area contributed by atoms with E-state index in [0.717, 1.165) is 35.7 Å². The van der Waals surface area contributed by atoms with Gasteiger partial charge in [-0.2, -0.15) is 0 Å². The van der Waals surface area contributed by atoms with Gasteiger partial charge in [0.1, 0.15) is 12.1 Å². The largest absolute Gasteiger partial charge is 0.444 e. The number of nitrogens with one attached hydrogen (secondary N) is 3. The molecule has 7 nitrogen and oxygen atoms in total. The van der Waals surface area contributed by atoms with Crippen LogP contribution in [0.5, 0.6) is 0 Å². The second kappa shape index (κ2) is 11.6. The Morgan fingerprint density at radius 3 is 2.69 bits per heavy atom. The number of carbonyl (C=O) groups excluding carboxylic acids is 1. The number of hydrogen-bond acceptors (Lipinski definition) is 4. The summed E-state index contributed by atoms with van der Waals surface area (Å²) in [5, 5.41) is 9.18. The lowest BCUT2D eigenvalue weighted by Gasteiger charge is -2.11. The lowest BCUT2D eigenvalue weighted by atomic mass is 10.1. The number of aliphatic imine (C=N–C) groups is 1. The van der Waals surface area contributed by atoms with Gasteiger partial charge in [0.2, 0.25) is 5.89 Å². The van der Waals surface area contributed by atoms with Crippen LogP contribution >= 0.6 is 0 Å². The van der Waals surface area contributed by atoms with Gasteiger partial charge in [-0.15, -0.1) is 0 Å². The van der Waals surface area contributed by atoms with E-state index in [1.807, 2.05) is 25.1 Å². The molecule has 0 fully saturated rings. The smallest absolute Gasteiger partial charge is 0.251 e. The molecule has 1 amide bonds. The molecule has 3 rings (SSSR count). The van der Waals surface area contributed by atoms with E-state index in [4.69, 9.17) is 4.42 Å². The summed E-state index contributed by atoms with van der Waals surface area (Å²) < 4.78 is 18.6. The molecule has 0 atom stereocenters. The summed E-state index contributed by atoms with van der Waals surface area (Å²) in [4.78, 5) is 20.8. The highest BCUT2D eigenvalue weighted by Crippen LogP contribution is 2.19. The number of guanidine groups is 1. The Hall–Kier alpha value is -3.68. The van der Waals surface area contributed by atoms with Crippen molar-refractivity contribution in [1.82, 2.24) is 20.9 Å². The van der Waals surface area contributed by atoms with Gasteiger partial charge in [0.15, 0.2) is 5.96 Å². The van der Waals surface area contributed by atoms with Crippen molar-refractivity contribution in [3.8, 4) is 11.5 Å². The number of nitrogens with zero attached hydrogens (tertiary/aromatic N) is 2. The van der Waals surface area contributed by atoms with E-state index in [1.165, 1.54) is 12.1 Å². The second-order valence-electron chi connectivity index (χ2n) is 7.12. The van der Waals surface area contributed by atoms with Crippen molar-refractivity contribution in [3.05, 3.63) is 77.4 Å². The summed E-state index contributed by atoms with van der Waals surface area (Å²) in [6.45, 7) is 3.98. The average Bonchev–Trinajstić information content (AvgIpc) is 3.28. The van der Waals surface area contributed by atoms with Crippen molar-refractivity contribution in [2.24, 2.45) is 4.99 Å². The van der Waals surface area contributed by atoms with Gasteiger partial charge in [0.25, 0.3) is 5.91 Å². The molecule has 8 heteroatoms. The first-order valence-corrected chi connectivity index (χ1v) is 10.6. The molecule has 0 saturated heterocycles. The van der Waals surface area contributed by atoms with Gasteiger partial charge in [-0.25, -0.2) is 9.37 Å². The highest BCUT2D eigenvalue weighted by molar-refractivity contribution is 5.94. The number of aromatic nitrogens is 1. The summed E-state index contributed by atoms with van der Waals surface area (Å²) in [5.41, 5.74) is 3.25. The number of amides is 1. The average molecular weight is 438 g/mol. The third kappa shape index (κ3) is 6.66. The van der Waals surface area contributed by atoms with Crippen molar-refractivity contribution < 1.29 is 13.6 Å². The summed E-state index contributed by atoms with van der Waals surface area (Å²) >= 11 is 0. The van der Waals surface area contributed by atoms with Gasteiger partial charge in [-0.3, -0.25) is 9.79 Å². The Morgan fingerprint density at radius 1 is 1.12 bits per heavy atom. The number of benzene rings is 2. The number of rotatable bonds is 9. The van der Waals surface area contributed by atoms with Gasteiger partial charge in [0.05, 0.1) is 5.69 Å². The molecular weight excluding hydrogens is 409 g/mol. The number of hydrogen-bond donors (Lipinski definition) is 3.